The lowest BCUT2D eigenvalue weighted by Gasteiger charge is -2.22. The first-order chi connectivity index (χ1) is 12.6. The molecular formula is C19H29NO7. The number of alkyl carbamates (subject to hydrolysis) is 1. The van der Waals surface area contributed by atoms with E-state index in [9.17, 15) is 9.59 Å². The Balaban J connectivity index is 2.92. The van der Waals surface area contributed by atoms with Crippen molar-refractivity contribution in [2.75, 3.05) is 28.4 Å². The lowest BCUT2D eigenvalue weighted by molar-refractivity contribution is -0.143. The van der Waals surface area contributed by atoms with E-state index in [0.29, 0.717) is 30.1 Å². The van der Waals surface area contributed by atoms with Gasteiger partial charge in [0, 0.05) is 0 Å². The Morgan fingerprint density at radius 1 is 1.00 bits per heavy atom. The average Bonchev–Trinajstić information content (AvgIpc) is 2.61. The van der Waals surface area contributed by atoms with E-state index in [4.69, 9.17) is 23.7 Å². The lowest BCUT2D eigenvalue weighted by Crippen LogP contribution is -2.44. The van der Waals surface area contributed by atoms with E-state index in [2.05, 4.69) is 5.32 Å². The Bertz CT molecular complexity index is 627. The van der Waals surface area contributed by atoms with E-state index in [1.807, 2.05) is 0 Å². The van der Waals surface area contributed by atoms with Gasteiger partial charge in [0.05, 0.1) is 28.4 Å². The third-order valence-corrected chi connectivity index (χ3v) is 3.62. The highest BCUT2D eigenvalue weighted by Crippen LogP contribution is 2.38. The average molecular weight is 383 g/mol. The number of amides is 1. The SMILES string of the molecule is COC(=O)[C@H](CCc1cc(OC)c(OC)c(OC)c1)NC(=O)OC(C)(C)C. The molecule has 0 fully saturated rings. The molecule has 1 N–H and O–H groups in total. The van der Waals surface area contributed by atoms with Gasteiger partial charge in [0.15, 0.2) is 11.5 Å². The van der Waals surface area contributed by atoms with Crippen LogP contribution in [0.2, 0.25) is 0 Å². The number of carbonyl (C=O) groups excluding carboxylic acids is 2. The summed E-state index contributed by atoms with van der Waals surface area (Å²) in [5, 5.41) is 2.55. The zero-order valence-corrected chi connectivity index (χ0v) is 17.0. The molecule has 0 aliphatic rings. The number of aryl methyl sites for hydroxylation is 1. The van der Waals surface area contributed by atoms with E-state index in [1.54, 1.807) is 32.9 Å². The lowest BCUT2D eigenvalue weighted by atomic mass is 10.0. The van der Waals surface area contributed by atoms with Crippen molar-refractivity contribution in [3.05, 3.63) is 17.7 Å². The molecule has 0 aliphatic heterocycles. The summed E-state index contributed by atoms with van der Waals surface area (Å²) in [5.74, 6) is 0.969. The number of methoxy groups -OCH3 is 4. The Labute approximate surface area is 160 Å². The van der Waals surface area contributed by atoms with Crippen molar-refractivity contribution < 1.29 is 33.3 Å². The Kier molecular flexibility index (Phi) is 8.21. The van der Waals surface area contributed by atoms with Crippen LogP contribution in [0.5, 0.6) is 17.2 Å². The summed E-state index contributed by atoms with van der Waals surface area (Å²) in [6.07, 6.45) is 0.0967. The minimum Gasteiger partial charge on any atom is -0.493 e. The second kappa shape index (κ2) is 9.89. The molecule has 0 saturated heterocycles. The summed E-state index contributed by atoms with van der Waals surface area (Å²) in [6, 6.07) is 2.75. The molecule has 0 aromatic heterocycles. The molecule has 0 aliphatic carbocycles. The highest BCUT2D eigenvalue weighted by molar-refractivity contribution is 5.81. The maximum atomic E-state index is 12.0. The Morgan fingerprint density at radius 2 is 1.56 bits per heavy atom. The van der Waals surface area contributed by atoms with Gasteiger partial charge in [-0.15, -0.1) is 0 Å². The zero-order chi connectivity index (χ0) is 20.6. The summed E-state index contributed by atoms with van der Waals surface area (Å²) in [5.41, 5.74) is 0.186. The minimum atomic E-state index is -0.844. The number of ether oxygens (including phenoxy) is 5. The van der Waals surface area contributed by atoms with Gasteiger partial charge in [-0.1, -0.05) is 0 Å². The molecule has 0 saturated carbocycles. The number of hydrogen-bond acceptors (Lipinski definition) is 7. The van der Waals surface area contributed by atoms with E-state index in [0.717, 1.165) is 5.56 Å². The minimum absolute atomic E-state index is 0.310. The molecule has 8 heteroatoms. The maximum Gasteiger partial charge on any atom is 0.408 e. The van der Waals surface area contributed by atoms with E-state index < -0.39 is 23.7 Å². The molecule has 0 spiro atoms. The zero-order valence-electron chi connectivity index (χ0n) is 17.0. The van der Waals surface area contributed by atoms with Crippen LogP contribution in [0.1, 0.15) is 32.8 Å². The van der Waals surface area contributed by atoms with Gasteiger partial charge in [0.1, 0.15) is 11.6 Å². The van der Waals surface area contributed by atoms with Gasteiger partial charge < -0.3 is 29.0 Å². The van der Waals surface area contributed by atoms with Crippen LogP contribution in [-0.4, -0.2) is 52.1 Å². The van der Waals surface area contributed by atoms with Crippen LogP contribution in [0.4, 0.5) is 4.79 Å². The van der Waals surface area contributed by atoms with Crippen LogP contribution in [0, 0.1) is 0 Å². The number of benzene rings is 1. The first-order valence-corrected chi connectivity index (χ1v) is 8.51. The predicted octanol–water partition coefficient (Wildman–Crippen LogP) is 2.71. The molecule has 1 atom stereocenters. The molecule has 27 heavy (non-hydrogen) atoms. The summed E-state index contributed by atoms with van der Waals surface area (Å²) in [4.78, 5) is 24.0. The van der Waals surface area contributed by atoms with Crippen molar-refractivity contribution in [2.45, 2.75) is 45.3 Å². The molecule has 152 valence electrons. The van der Waals surface area contributed by atoms with Crippen LogP contribution in [0.25, 0.3) is 0 Å². The van der Waals surface area contributed by atoms with Crippen molar-refractivity contribution in [3.63, 3.8) is 0 Å². The topological polar surface area (TPSA) is 92.3 Å². The molecule has 0 radical (unpaired) electrons. The smallest absolute Gasteiger partial charge is 0.408 e. The third kappa shape index (κ3) is 6.88. The first kappa shape index (κ1) is 22.4. The standard InChI is InChI=1S/C19H29NO7/c1-19(2,3)27-18(22)20-13(17(21)26-7)9-8-12-10-14(23-4)16(25-6)15(11-12)24-5/h10-11,13H,8-9H2,1-7H3,(H,20,22)/t13-/m0/s1. The summed E-state index contributed by atoms with van der Waals surface area (Å²) in [7, 11) is 5.86. The second-order valence-corrected chi connectivity index (χ2v) is 6.79. The van der Waals surface area contributed by atoms with Crippen molar-refractivity contribution in [2.24, 2.45) is 0 Å². The van der Waals surface area contributed by atoms with Gasteiger partial charge in [-0.05, 0) is 51.3 Å². The maximum absolute atomic E-state index is 12.0. The normalized spacial score (nSPS) is 12.0. The quantitative estimate of drug-likeness (QED) is 0.690. The van der Waals surface area contributed by atoms with Crippen molar-refractivity contribution in [1.29, 1.82) is 0 Å². The van der Waals surface area contributed by atoms with Gasteiger partial charge in [-0.2, -0.15) is 0 Å². The number of carbonyl (C=O) groups is 2. The van der Waals surface area contributed by atoms with Crippen molar-refractivity contribution >= 4 is 12.1 Å². The molecule has 1 amide bonds. The Morgan fingerprint density at radius 3 is 1.96 bits per heavy atom. The predicted molar refractivity (Wildman–Crippen MR) is 99.6 cm³/mol. The molecule has 0 unspecified atom stereocenters. The number of rotatable bonds is 8. The Hall–Kier alpha value is -2.64. The van der Waals surface area contributed by atoms with Gasteiger partial charge in [0.2, 0.25) is 5.75 Å². The van der Waals surface area contributed by atoms with E-state index >= 15 is 0 Å². The number of nitrogens with one attached hydrogen (secondary N) is 1. The van der Waals surface area contributed by atoms with Crippen LogP contribution in [0.15, 0.2) is 12.1 Å². The van der Waals surface area contributed by atoms with Crippen LogP contribution < -0.4 is 19.5 Å². The first-order valence-electron chi connectivity index (χ1n) is 8.51. The summed E-state index contributed by atoms with van der Waals surface area (Å²) >= 11 is 0. The van der Waals surface area contributed by atoms with Crippen molar-refractivity contribution in [1.82, 2.24) is 5.32 Å². The fourth-order valence-corrected chi connectivity index (χ4v) is 2.43. The van der Waals surface area contributed by atoms with Crippen LogP contribution in [-0.2, 0) is 20.7 Å². The number of esters is 1. The van der Waals surface area contributed by atoms with E-state index in [1.165, 1.54) is 28.4 Å². The van der Waals surface area contributed by atoms with Crippen LogP contribution in [0.3, 0.4) is 0 Å². The monoisotopic (exact) mass is 383 g/mol. The molecule has 0 bridgehead atoms. The van der Waals surface area contributed by atoms with Gasteiger partial charge in [0.25, 0.3) is 0 Å². The number of hydrogen-bond donors (Lipinski definition) is 1. The molecular weight excluding hydrogens is 354 g/mol. The highest BCUT2D eigenvalue weighted by atomic mass is 16.6. The van der Waals surface area contributed by atoms with Gasteiger partial charge in [-0.3, -0.25) is 0 Å². The molecule has 1 aromatic rings. The van der Waals surface area contributed by atoms with Gasteiger partial charge in [-0.25, -0.2) is 9.59 Å². The van der Waals surface area contributed by atoms with Gasteiger partial charge >= 0.3 is 12.1 Å². The molecule has 0 heterocycles. The third-order valence-electron chi connectivity index (χ3n) is 3.62. The fourth-order valence-electron chi connectivity index (χ4n) is 2.43. The summed E-state index contributed by atoms with van der Waals surface area (Å²) in [6.45, 7) is 5.24. The molecule has 1 rings (SSSR count). The molecule has 1 aromatic carbocycles. The van der Waals surface area contributed by atoms with Crippen molar-refractivity contribution in [3.8, 4) is 17.2 Å². The summed E-state index contributed by atoms with van der Waals surface area (Å²) < 4.78 is 25.9. The molecule has 8 nitrogen and oxygen atoms in total. The van der Waals surface area contributed by atoms with E-state index in [-0.39, 0.29) is 0 Å². The van der Waals surface area contributed by atoms with Crippen LogP contribution >= 0.6 is 0 Å². The second-order valence-electron chi connectivity index (χ2n) is 6.79. The fraction of sp³-hybridized carbons (Fsp3) is 0.579. The highest BCUT2D eigenvalue weighted by Gasteiger charge is 2.25. The largest absolute Gasteiger partial charge is 0.493 e.